The summed E-state index contributed by atoms with van der Waals surface area (Å²) in [6, 6.07) is 15.3. The second-order valence-electron chi connectivity index (χ2n) is 8.20. The molecule has 2 fully saturated rings. The van der Waals surface area contributed by atoms with E-state index in [4.69, 9.17) is 5.73 Å². The molecule has 0 unspecified atom stereocenters. The molecule has 0 aliphatic carbocycles. The lowest BCUT2D eigenvalue weighted by atomic mass is 10.1. The number of amides is 1. The second-order valence-corrected chi connectivity index (χ2v) is 8.20. The van der Waals surface area contributed by atoms with Gasteiger partial charge in [-0.05, 0) is 37.2 Å². The van der Waals surface area contributed by atoms with E-state index in [1.807, 2.05) is 6.07 Å². The number of benzene rings is 1. The molecule has 159 valence electrons. The molecule has 4 rings (SSSR count). The Kier molecular flexibility index (Phi) is 6.50. The van der Waals surface area contributed by atoms with Gasteiger partial charge in [0.25, 0.3) is 5.91 Å². The zero-order valence-electron chi connectivity index (χ0n) is 17.8. The minimum Gasteiger partial charge on any atom is -0.369 e. The number of carbonyl (C=O) groups excluding carboxylic acids is 1. The Balaban J connectivity index is 1.41. The third-order valence-electron chi connectivity index (χ3n) is 6.05. The van der Waals surface area contributed by atoms with Crippen molar-refractivity contribution in [3.8, 4) is 0 Å². The number of pyridine rings is 1. The standard InChI is InChI=1S/C23H31N6O/c1-26-12-15-28(16-13-26)21-8-3-2-6-19(21)18-27-10-5-11-29(17-14-27)22-9-4-7-20(25-22)23(24)30/h2-4,6,8-9H,5,10-18H2,1H3,(H2,24,30). The van der Waals surface area contributed by atoms with Gasteiger partial charge < -0.3 is 20.4 Å². The number of piperazine rings is 1. The fourth-order valence-corrected chi connectivity index (χ4v) is 4.28. The van der Waals surface area contributed by atoms with Crippen LogP contribution in [0.2, 0.25) is 0 Å². The van der Waals surface area contributed by atoms with E-state index in [9.17, 15) is 4.79 Å². The average Bonchev–Trinajstić information content (AvgIpc) is 3.00. The number of hydrogen-bond donors (Lipinski definition) is 1. The van der Waals surface area contributed by atoms with E-state index in [1.165, 1.54) is 11.3 Å². The summed E-state index contributed by atoms with van der Waals surface area (Å²) >= 11 is 0. The van der Waals surface area contributed by atoms with E-state index in [0.29, 0.717) is 0 Å². The van der Waals surface area contributed by atoms with Gasteiger partial charge in [0.1, 0.15) is 11.5 Å². The highest BCUT2D eigenvalue weighted by atomic mass is 16.1. The average molecular weight is 408 g/mol. The Morgan fingerprint density at radius 2 is 1.77 bits per heavy atom. The highest BCUT2D eigenvalue weighted by Crippen LogP contribution is 2.24. The zero-order chi connectivity index (χ0) is 20.9. The van der Waals surface area contributed by atoms with Gasteiger partial charge in [0.05, 0.1) is 0 Å². The van der Waals surface area contributed by atoms with E-state index in [1.54, 1.807) is 6.07 Å². The molecule has 1 aromatic heterocycles. The first-order chi connectivity index (χ1) is 14.6. The number of rotatable bonds is 5. The first kappa shape index (κ1) is 20.6. The molecular formula is C23H31N6O. The molecule has 2 aliphatic rings. The van der Waals surface area contributed by atoms with E-state index in [-0.39, 0.29) is 5.69 Å². The lowest BCUT2D eigenvalue weighted by Crippen LogP contribution is -2.45. The van der Waals surface area contributed by atoms with Crippen LogP contribution in [0, 0.1) is 6.07 Å². The Bertz CT molecular complexity index is 864. The maximum atomic E-state index is 11.4. The molecule has 3 heterocycles. The predicted molar refractivity (Wildman–Crippen MR) is 120 cm³/mol. The SMILES string of the molecule is CN1CCN(c2ccccc2CN2CCCN(c3cc[c]c(C(N)=O)n3)CC2)CC1. The van der Waals surface area contributed by atoms with Gasteiger partial charge >= 0.3 is 0 Å². The van der Waals surface area contributed by atoms with Crippen LogP contribution in [-0.4, -0.2) is 80.1 Å². The van der Waals surface area contributed by atoms with Crippen molar-refractivity contribution in [3.05, 3.63) is 53.7 Å². The Labute approximate surface area is 179 Å². The summed E-state index contributed by atoms with van der Waals surface area (Å²) in [7, 11) is 2.19. The maximum absolute atomic E-state index is 11.4. The van der Waals surface area contributed by atoms with Crippen molar-refractivity contribution < 1.29 is 4.79 Å². The fourth-order valence-electron chi connectivity index (χ4n) is 4.28. The molecule has 2 aromatic rings. The van der Waals surface area contributed by atoms with Crippen molar-refractivity contribution in [2.75, 3.05) is 69.2 Å². The zero-order valence-corrected chi connectivity index (χ0v) is 17.8. The van der Waals surface area contributed by atoms with Gasteiger partial charge in [0, 0.05) is 70.7 Å². The summed E-state index contributed by atoms with van der Waals surface area (Å²) < 4.78 is 0. The molecule has 1 amide bonds. The van der Waals surface area contributed by atoms with Crippen LogP contribution in [0.4, 0.5) is 11.5 Å². The first-order valence-electron chi connectivity index (χ1n) is 10.8. The molecule has 30 heavy (non-hydrogen) atoms. The third kappa shape index (κ3) is 4.91. The van der Waals surface area contributed by atoms with Crippen LogP contribution < -0.4 is 15.5 Å². The number of nitrogens with zero attached hydrogens (tertiary/aromatic N) is 5. The summed E-state index contributed by atoms with van der Waals surface area (Å²) in [5.41, 5.74) is 8.35. The highest BCUT2D eigenvalue weighted by Gasteiger charge is 2.20. The lowest BCUT2D eigenvalue weighted by Gasteiger charge is -2.35. The second kappa shape index (κ2) is 9.45. The number of carbonyl (C=O) groups is 1. The summed E-state index contributed by atoms with van der Waals surface area (Å²) in [4.78, 5) is 25.5. The highest BCUT2D eigenvalue weighted by molar-refractivity contribution is 5.90. The van der Waals surface area contributed by atoms with E-state index >= 15 is 0 Å². The summed E-state index contributed by atoms with van der Waals surface area (Å²) in [6.45, 7) is 9.17. The van der Waals surface area contributed by atoms with Crippen molar-refractivity contribution in [1.82, 2.24) is 14.8 Å². The normalized spacial score (nSPS) is 19.0. The van der Waals surface area contributed by atoms with Crippen LogP contribution in [0.1, 0.15) is 22.5 Å². The van der Waals surface area contributed by atoms with Crippen molar-refractivity contribution in [2.24, 2.45) is 5.73 Å². The van der Waals surface area contributed by atoms with Crippen LogP contribution >= 0.6 is 0 Å². The maximum Gasteiger partial charge on any atom is 0.268 e. The van der Waals surface area contributed by atoms with Gasteiger partial charge in [0.2, 0.25) is 0 Å². The Morgan fingerprint density at radius 1 is 1.00 bits per heavy atom. The first-order valence-corrected chi connectivity index (χ1v) is 10.8. The molecular weight excluding hydrogens is 376 g/mol. The van der Waals surface area contributed by atoms with E-state index < -0.39 is 5.91 Å². The Morgan fingerprint density at radius 3 is 2.57 bits per heavy atom. The van der Waals surface area contributed by atoms with Crippen LogP contribution in [0.5, 0.6) is 0 Å². The van der Waals surface area contributed by atoms with Crippen LogP contribution in [0.15, 0.2) is 36.4 Å². The van der Waals surface area contributed by atoms with Crippen LogP contribution in [0.3, 0.4) is 0 Å². The van der Waals surface area contributed by atoms with Gasteiger partial charge in [-0.2, -0.15) is 0 Å². The number of hydrogen-bond acceptors (Lipinski definition) is 6. The topological polar surface area (TPSA) is 68.9 Å². The molecule has 2 aliphatic heterocycles. The van der Waals surface area contributed by atoms with Crippen molar-refractivity contribution >= 4 is 17.4 Å². The van der Waals surface area contributed by atoms with E-state index in [0.717, 1.165) is 71.1 Å². The van der Waals surface area contributed by atoms with Gasteiger partial charge in [-0.15, -0.1) is 0 Å². The smallest absolute Gasteiger partial charge is 0.268 e. The fraction of sp³-hybridized carbons (Fsp3) is 0.478. The van der Waals surface area contributed by atoms with Crippen LogP contribution in [-0.2, 0) is 6.54 Å². The number of anilines is 2. The monoisotopic (exact) mass is 407 g/mol. The number of likely N-dealkylation sites (N-methyl/N-ethyl adjacent to an activating group) is 1. The number of nitrogens with two attached hydrogens (primary N) is 1. The quantitative estimate of drug-likeness (QED) is 0.809. The van der Waals surface area contributed by atoms with Gasteiger partial charge in [-0.1, -0.05) is 18.2 Å². The number of para-hydroxylation sites is 1. The largest absolute Gasteiger partial charge is 0.369 e. The van der Waals surface area contributed by atoms with Crippen molar-refractivity contribution in [1.29, 1.82) is 0 Å². The van der Waals surface area contributed by atoms with Gasteiger partial charge in [-0.25, -0.2) is 4.98 Å². The summed E-state index contributed by atoms with van der Waals surface area (Å²) in [5.74, 6) is 0.274. The molecule has 7 nitrogen and oxygen atoms in total. The van der Waals surface area contributed by atoms with Crippen LogP contribution in [0.25, 0.3) is 0 Å². The van der Waals surface area contributed by atoms with Gasteiger partial charge in [0.15, 0.2) is 0 Å². The van der Waals surface area contributed by atoms with E-state index in [2.05, 4.69) is 62.0 Å². The lowest BCUT2D eigenvalue weighted by molar-refractivity contribution is 0.0995. The Hall–Kier alpha value is -2.64. The minimum atomic E-state index is -0.534. The molecule has 2 saturated heterocycles. The predicted octanol–water partition coefficient (Wildman–Crippen LogP) is 1.44. The molecule has 0 atom stereocenters. The number of aromatic nitrogens is 1. The molecule has 7 heteroatoms. The molecule has 0 bridgehead atoms. The van der Waals surface area contributed by atoms with Crippen molar-refractivity contribution in [3.63, 3.8) is 0 Å². The summed E-state index contributed by atoms with van der Waals surface area (Å²) in [5, 5.41) is 0. The molecule has 0 saturated carbocycles. The minimum absolute atomic E-state index is 0.203. The third-order valence-corrected chi connectivity index (χ3v) is 6.05. The van der Waals surface area contributed by atoms with Crippen molar-refractivity contribution in [2.45, 2.75) is 13.0 Å². The molecule has 0 spiro atoms. The molecule has 2 N–H and O–H groups in total. The van der Waals surface area contributed by atoms with Gasteiger partial charge in [-0.3, -0.25) is 9.69 Å². The molecule has 1 radical (unpaired) electrons. The molecule has 1 aromatic carbocycles. The number of primary amides is 1. The summed E-state index contributed by atoms with van der Waals surface area (Å²) in [6.07, 6.45) is 1.06.